The average molecular weight is 402 g/mol. The van der Waals surface area contributed by atoms with Gasteiger partial charge in [-0.25, -0.2) is 19.6 Å². The van der Waals surface area contributed by atoms with Crippen molar-refractivity contribution in [2.24, 2.45) is 0 Å². The van der Waals surface area contributed by atoms with Gasteiger partial charge in [-0.15, -0.1) is 5.10 Å². The van der Waals surface area contributed by atoms with Crippen LogP contribution in [0.5, 0.6) is 0 Å². The third-order valence-electron chi connectivity index (χ3n) is 5.25. The van der Waals surface area contributed by atoms with E-state index in [4.69, 9.17) is 10.5 Å². The summed E-state index contributed by atoms with van der Waals surface area (Å²) < 4.78 is 9.39. The molecule has 1 saturated heterocycles. The van der Waals surface area contributed by atoms with E-state index in [0.717, 1.165) is 19.3 Å². The summed E-state index contributed by atoms with van der Waals surface area (Å²) >= 11 is 0. The molecule has 0 radical (unpaired) electrons. The molecule has 29 heavy (non-hydrogen) atoms. The average Bonchev–Trinajstić information content (AvgIpc) is 3.42. The Morgan fingerprint density at radius 3 is 3.00 bits per heavy atom. The smallest absolute Gasteiger partial charge is 0.167 e. The van der Waals surface area contributed by atoms with E-state index in [1.807, 2.05) is 0 Å². The van der Waals surface area contributed by atoms with Gasteiger partial charge in [0, 0.05) is 6.42 Å². The van der Waals surface area contributed by atoms with Crippen molar-refractivity contribution in [1.82, 2.24) is 34.5 Å². The Morgan fingerprint density at radius 2 is 2.17 bits per heavy atom. The van der Waals surface area contributed by atoms with E-state index < -0.39 is 24.5 Å². The summed E-state index contributed by atoms with van der Waals surface area (Å²) in [5.74, 6) is 0.302. The van der Waals surface area contributed by atoms with Gasteiger partial charge in [-0.2, -0.15) is 0 Å². The summed E-state index contributed by atoms with van der Waals surface area (Å²) in [6.07, 6.45) is 6.66. The summed E-state index contributed by atoms with van der Waals surface area (Å²) in [7, 11) is 0. The lowest BCUT2D eigenvalue weighted by molar-refractivity contribution is -0.0269. The monoisotopic (exact) mass is 402 g/mol. The third-order valence-corrected chi connectivity index (χ3v) is 5.25. The molecule has 4 atom stereocenters. The maximum Gasteiger partial charge on any atom is 0.167 e. The molecule has 1 aliphatic heterocycles. The van der Waals surface area contributed by atoms with Crippen molar-refractivity contribution in [1.29, 1.82) is 0 Å². The summed E-state index contributed by atoms with van der Waals surface area (Å²) in [5, 5.41) is 28.8. The number of rotatable bonds is 8. The molecule has 0 saturated carbocycles. The molecule has 0 spiro atoms. The van der Waals surface area contributed by atoms with E-state index in [9.17, 15) is 10.2 Å². The van der Waals surface area contributed by atoms with Gasteiger partial charge in [0.2, 0.25) is 0 Å². The molecule has 2 unspecified atom stereocenters. The fourth-order valence-electron chi connectivity index (χ4n) is 3.61. The van der Waals surface area contributed by atoms with Crippen LogP contribution in [-0.4, -0.2) is 56.9 Å². The first-order valence-corrected chi connectivity index (χ1v) is 9.91. The fourth-order valence-corrected chi connectivity index (χ4v) is 3.61. The molecule has 3 aromatic rings. The number of nitrogens with zero attached hydrogens (tertiary/aromatic N) is 7. The van der Waals surface area contributed by atoms with Crippen molar-refractivity contribution in [2.45, 2.75) is 70.1 Å². The molecule has 11 nitrogen and oxygen atoms in total. The third kappa shape index (κ3) is 4.07. The van der Waals surface area contributed by atoms with Gasteiger partial charge < -0.3 is 20.7 Å². The van der Waals surface area contributed by atoms with Crippen LogP contribution in [0.2, 0.25) is 0 Å². The van der Waals surface area contributed by atoms with Crippen molar-refractivity contribution in [2.75, 3.05) is 5.73 Å². The van der Waals surface area contributed by atoms with Crippen LogP contribution in [0, 0.1) is 0 Å². The van der Waals surface area contributed by atoms with Crippen molar-refractivity contribution in [3.05, 3.63) is 24.5 Å². The molecule has 0 bridgehead atoms. The van der Waals surface area contributed by atoms with Crippen molar-refractivity contribution >= 4 is 17.0 Å². The number of fused-ring (bicyclic) bond motifs is 1. The molecular weight excluding hydrogens is 376 g/mol. The maximum atomic E-state index is 10.5. The largest absolute Gasteiger partial charge is 0.390 e. The zero-order valence-electron chi connectivity index (χ0n) is 16.3. The molecule has 0 aromatic carbocycles. The number of hydrogen-bond donors (Lipinski definition) is 3. The van der Waals surface area contributed by atoms with E-state index in [0.29, 0.717) is 42.1 Å². The number of unbranched alkanes of at least 4 members (excludes halogenated alkanes) is 2. The van der Waals surface area contributed by atoms with Gasteiger partial charge >= 0.3 is 0 Å². The van der Waals surface area contributed by atoms with Gasteiger partial charge in [-0.1, -0.05) is 31.4 Å². The summed E-state index contributed by atoms with van der Waals surface area (Å²) in [6, 6.07) is 0. The number of imidazole rings is 1. The van der Waals surface area contributed by atoms with E-state index in [1.54, 1.807) is 21.8 Å². The lowest BCUT2D eigenvalue weighted by Crippen LogP contribution is -2.26. The van der Waals surface area contributed by atoms with Crippen LogP contribution in [0.3, 0.4) is 0 Å². The number of ether oxygens (including phenoxy) is 1. The highest BCUT2D eigenvalue weighted by molar-refractivity contribution is 5.81. The molecule has 0 amide bonds. The van der Waals surface area contributed by atoms with Crippen molar-refractivity contribution in [3.8, 4) is 0 Å². The zero-order chi connectivity index (χ0) is 20.4. The molecular formula is C18H26N8O3. The van der Waals surface area contributed by atoms with Gasteiger partial charge in [-0.05, 0) is 6.42 Å². The number of nitrogens with two attached hydrogens (primary N) is 1. The topological polar surface area (TPSA) is 150 Å². The Labute approximate surface area is 167 Å². The summed E-state index contributed by atoms with van der Waals surface area (Å²) in [4.78, 5) is 12.4. The molecule has 11 heteroatoms. The normalized spacial score (nSPS) is 23.1. The van der Waals surface area contributed by atoms with Crippen LogP contribution >= 0.6 is 0 Å². The van der Waals surface area contributed by atoms with Crippen LogP contribution in [-0.2, 0) is 11.3 Å². The highest BCUT2D eigenvalue weighted by atomic mass is 16.5. The fraction of sp³-hybridized carbons (Fsp3) is 0.611. The van der Waals surface area contributed by atoms with E-state index >= 15 is 0 Å². The Bertz CT molecular complexity index is 958. The number of nitrogen functional groups attached to an aromatic ring is 1. The van der Waals surface area contributed by atoms with E-state index in [2.05, 4.69) is 32.2 Å². The van der Waals surface area contributed by atoms with E-state index in [-0.39, 0.29) is 0 Å². The van der Waals surface area contributed by atoms with Gasteiger partial charge in [0.1, 0.15) is 29.9 Å². The highest BCUT2D eigenvalue weighted by Crippen LogP contribution is 2.32. The predicted octanol–water partition coefficient (Wildman–Crippen LogP) is 0.962. The second kappa shape index (κ2) is 8.39. The van der Waals surface area contributed by atoms with Crippen molar-refractivity contribution < 1.29 is 14.9 Å². The number of aliphatic hydroxyl groups is 2. The molecule has 3 aromatic heterocycles. The first kappa shape index (κ1) is 19.7. The standard InChI is InChI=1S/C18H26N8O3/c1-2-3-4-5-12(27)11-7-25(24-23-11)8-14-13(28)6-15(29-14)26-10-22-16-17(19)20-9-21-18(16)26/h7,9-10,12-15,27-28H,2-6,8H2,1H3,(H2,19,20,21)/t12?,13?,14-,15-/m1/s1. The minimum atomic E-state index is -0.682. The molecule has 4 rings (SSSR count). The molecule has 156 valence electrons. The quantitative estimate of drug-likeness (QED) is 0.468. The van der Waals surface area contributed by atoms with E-state index in [1.165, 1.54) is 6.33 Å². The second-order valence-corrected chi connectivity index (χ2v) is 7.39. The minimum Gasteiger partial charge on any atom is -0.390 e. The van der Waals surface area contributed by atoms with Gasteiger partial charge in [0.25, 0.3) is 0 Å². The summed E-state index contributed by atoms with van der Waals surface area (Å²) in [5.41, 5.74) is 7.44. The van der Waals surface area contributed by atoms with Crippen LogP contribution in [0.4, 0.5) is 5.82 Å². The number of aromatic nitrogens is 7. The van der Waals surface area contributed by atoms with Crippen LogP contribution in [0.25, 0.3) is 11.2 Å². The lowest BCUT2D eigenvalue weighted by Gasteiger charge is -2.15. The van der Waals surface area contributed by atoms with Crippen LogP contribution in [0.15, 0.2) is 18.9 Å². The van der Waals surface area contributed by atoms with Gasteiger partial charge in [-0.3, -0.25) is 4.57 Å². The molecule has 4 N–H and O–H groups in total. The second-order valence-electron chi connectivity index (χ2n) is 7.39. The minimum absolute atomic E-state index is 0.302. The molecule has 0 aliphatic carbocycles. The molecule has 4 heterocycles. The Balaban J connectivity index is 1.41. The maximum absolute atomic E-state index is 10.5. The molecule has 1 fully saturated rings. The number of aliphatic hydroxyl groups excluding tert-OH is 2. The lowest BCUT2D eigenvalue weighted by atomic mass is 10.1. The van der Waals surface area contributed by atoms with Gasteiger partial charge in [0.15, 0.2) is 11.5 Å². The van der Waals surface area contributed by atoms with Gasteiger partial charge in [0.05, 0.1) is 31.3 Å². The predicted molar refractivity (Wildman–Crippen MR) is 103 cm³/mol. The number of anilines is 1. The number of hydrogen-bond acceptors (Lipinski definition) is 9. The highest BCUT2D eigenvalue weighted by Gasteiger charge is 2.36. The van der Waals surface area contributed by atoms with Crippen LogP contribution < -0.4 is 5.73 Å². The Hall–Kier alpha value is -2.63. The summed E-state index contributed by atoms with van der Waals surface area (Å²) in [6.45, 7) is 2.45. The Morgan fingerprint density at radius 1 is 1.31 bits per heavy atom. The SMILES string of the molecule is CCCCCC(O)c1cn(C[C@H]2O[C@@H](n3cnc4c(N)ncnc43)CC2O)nn1. The first-order valence-electron chi connectivity index (χ1n) is 9.91. The Kier molecular flexibility index (Phi) is 5.69. The first-order chi connectivity index (χ1) is 14.1. The molecule has 1 aliphatic rings. The zero-order valence-corrected chi connectivity index (χ0v) is 16.3. The van der Waals surface area contributed by atoms with Crippen LogP contribution in [0.1, 0.15) is 57.1 Å². The van der Waals surface area contributed by atoms with Crippen molar-refractivity contribution in [3.63, 3.8) is 0 Å².